The lowest BCUT2D eigenvalue weighted by molar-refractivity contribution is -0.277. The molecule has 1 heterocycles. The SMILES string of the molecule is O=C(OC[C@@H]1O[C@@H](Oc2ccc(/C=C/c3cc(O)cc(O)c3)cc2)[C@H](O)[C@H](O)[C@@H]1O)c1cc(O)c(O)c(O)c1. The molecule has 1 saturated heterocycles. The summed E-state index contributed by atoms with van der Waals surface area (Å²) in [6.07, 6.45) is -4.33. The summed E-state index contributed by atoms with van der Waals surface area (Å²) < 4.78 is 16.2. The van der Waals surface area contributed by atoms with Crippen molar-refractivity contribution < 1.29 is 59.9 Å². The largest absolute Gasteiger partial charge is 0.508 e. The third-order valence-corrected chi connectivity index (χ3v) is 5.88. The molecule has 0 amide bonds. The number of aliphatic hydroxyl groups is 3. The molecule has 0 radical (unpaired) electrons. The number of aromatic hydroxyl groups is 5. The fourth-order valence-corrected chi connectivity index (χ4v) is 3.81. The average Bonchev–Trinajstić information content (AvgIpc) is 2.90. The minimum Gasteiger partial charge on any atom is -0.508 e. The van der Waals surface area contributed by atoms with Gasteiger partial charge in [-0.25, -0.2) is 4.79 Å². The van der Waals surface area contributed by atoms with E-state index in [1.54, 1.807) is 36.4 Å². The number of carbonyl (C=O) groups excluding carboxylic acids is 1. The van der Waals surface area contributed by atoms with E-state index >= 15 is 0 Å². The molecule has 12 heteroatoms. The lowest BCUT2D eigenvalue weighted by atomic mass is 9.99. The van der Waals surface area contributed by atoms with Crippen molar-refractivity contribution in [3.8, 4) is 34.5 Å². The van der Waals surface area contributed by atoms with Gasteiger partial charge < -0.3 is 55.1 Å². The Hall–Kier alpha value is -4.49. The first kappa shape index (κ1) is 27.5. The standard InChI is InChI=1S/C27H26O12/c28-16-7-14(8-17(29)11-16)2-1-13-3-5-18(6-4-13)38-27-25(35)24(34)23(33)21(39-27)12-37-26(36)15-9-19(30)22(32)20(31)10-15/h1-11,21,23-25,27-35H,12H2/b2-1+/t21-,23+,24+,25+,27+/m0/s1. The van der Waals surface area contributed by atoms with Crippen LogP contribution in [-0.4, -0.2) is 84.1 Å². The van der Waals surface area contributed by atoms with Crippen molar-refractivity contribution in [3.63, 3.8) is 0 Å². The quantitative estimate of drug-likeness (QED) is 0.121. The van der Waals surface area contributed by atoms with Crippen LogP contribution in [0.4, 0.5) is 0 Å². The van der Waals surface area contributed by atoms with Gasteiger partial charge in [0.15, 0.2) is 17.2 Å². The number of hydrogen-bond acceptors (Lipinski definition) is 12. The zero-order valence-electron chi connectivity index (χ0n) is 20.2. The van der Waals surface area contributed by atoms with Crippen LogP contribution < -0.4 is 4.74 Å². The zero-order valence-corrected chi connectivity index (χ0v) is 20.2. The van der Waals surface area contributed by atoms with Crippen molar-refractivity contribution in [2.45, 2.75) is 30.7 Å². The Balaban J connectivity index is 1.38. The highest BCUT2D eigenvalue weighted by Gasteiger charge is 2.45. The smallest absolute Gasteiger partial charge is 0.338 e. The molecule has 3 aromatic carbocycles. The maximum atomic E-state index is 12.3. The van der Waals surface area contributed by atoms with E-state index in [2.05, 4.69) is 0 Å². The Morgan fingerprint density at radius 3 is 1.97 bits per heavy atom. The molecule has 0 saturated carbocycles. The molecule has 39 heavy (non-hydrogen) atoms. The van der Waals surface area contributed by atoms with Gasteiger partial charge >= 0.3 is 5.97 Å². The van der Waals surface area contributed by atoms with E-state index < -0.39 is 60.5 Å². The second-order valence-electron chi connectivity index (χ2n) is 8.78. The van der Waals surface area contributed by atoms with E-state index in [1.807, 2.05) is 0 Å². The van der Waals surface area contributed by atoms with Crippen molar-refractivity contribution in [1.29, 1.82) is 0 Å². The predicted octanol–water partition coefficient (Wildman–Crippen LogP) is 1.43. The first-order valence-corrected chi connectivity index (χ1v) is 11.6. The summed E-state index contributed by atoms with van der Waals surface area (Å²) in [6, 6.07) is 12.4. The van der Waals surface area contributed by atoms with Gasteiger partial charge in [-0.05, 0) is 47.5 Å². The van der Waals surface area contributed by atoms with Crippen molar-refractivity contribution in [2.24, 2.45) is 0 Å². The third-order valence-electron chi connectivity index (χ3n) is 5.88. The molecular formula is C27H26O12. The van der Waals surface area contributed by atoms with Crippen molar-refractivity contribution in [2.75, 3.05) is 6.61 Å². The number of ether oxygens (including phenoxy) is 3. The highest BCUT2D eigenvalue weighted by Crippen LogP contribution is 2.35. The van der Waals surface area contributed by atoms with Gasteiger partial charge in [-0.15, -0.1) is 0 Å². The molecule has 5 atom stereocenters. The van der Waals surface area contributed by atoms with Crippen LogP contribution in [0.1, 0.15) is 21.5 Å². The Labute approximate surface area is 221 Å². The number of hydrogen-bond donors (Lipinski definition) is 8. The number of rotatable bonds is 7. The lowest BCUT2D eigenvalue weighted by Crippen LogP contribution is -2.60. The van der Waals surface area contributed by atoms with Crippen LogP contribution in [0, 0.1) is 0 Å². The topological polar surface area (TPSA) is 207 Å². The molecule has 4 rings (SSSR count). The molecular weight excluding hydrogens is 516 g/mol. The van der Waals surface area contributed by atoms with Crippen LogP contribution in [0.2, 0.25) is 0 Å². The number of carbonyl (C=O) groups is 1. The van der Waals surface area contributed by atoms with Crippen molar-refractivity contribution >= 4 is 18.1 Å². The van der Waals surface area contributed by atoms with Crippen LogP contribution >= 0.6 is 0 Å². The van der Waals surface area contributed by atoms with E-state index in [0.717, 1.165) is 17.7 Å². The van der Waals surface area contributed by atoms with Crippen LogP contribution in [0.15, 0.2) is 54.6 Å². The first-order valence-electron chi connectivity index (χ1n) is 11.6. The molecule has 0 unspecified atom stereocenters. The van der Waals surface area contributed by atoms with E-state index in [4.69, 9.17) is 14.2 Å². The van der Waals surface area contributed by atoms with Crippen LogP contribution in [-0.2, 0) is 9.47 Å². The van der Waals surface area contributed by atoms with Gasteiger partial charge in [-0.1, -0.05) is 24.3 Å². The van der Waals surface area contributed by atoms with Crippen LogP contribution in [0.3, 0.4) is 0 Å². The molecule has 0 aromatic heterocycles. The normalized spacial score (nSPS) is 23.0. The summed E-state index contributed by atoms with van der Waals surface area (Å²) in [6.45, 7) is -0.583. The fourth-order valence-electron chi connectivity index (χ4n) is 3.81. The Kier molecular flexibility index (Phi) is 8.12. The van der Waals surface area contributed by atoms with Crippen molar-refractivity contribution in [3.05, 3.63) is 71.3 Å². The molecule has 1 aliphatic heterocycles. The summed E-state index contributed by atoms with van der Waals surface area (Å²) in [5, 5.41) is 78.6. The summed E-state index contributed by atoms with van der Waals surface area (Å²) in [5.41, 5.74) is 1.02. The molecule has 0 aliphatic carbocycles. The molecule has 3 aromatic rings. The third kappa shape index (κ3) is 6.51. The fraction of sp³-hybridized carbons (Fsp3) is 0.222. The number of phenolic OH excluding ortho intramolecular Hbond substituents is 5. The molecule has 8 N–H and O–H groups in total. The van der Waals surface area contributed by atoms with Crippen LogP contribution in [0.25, 0.3) is 12.2 Å². The van der Waals surface area contributed by atoms with E-state index in [-0.39, 0.29) is 22.8 Å². The molecule has 0 bridgehead atoms. The molecule has 1 fully saturated rings. The summed E-state index contributed by atoms with van der Waals surface area (Å²) in [7, 11) is 0. The maximum Gasteiger partial charge on any atom is 0.338 e. The highest BCUT2D eigenvalue weighted by atomic mass is 16.7. The maximum absolute atomic E-state index is 12.3. The minimum atomic E-state index is -1.70. The van der Waals surface area contributed by atoms with E-state index in [9.17, 15) is 45.6 Å². The van der Waals surface area contributed by atoms with E-state index in [1.165, 1.54) is 18.2 Å². The molecule has 12 nitrogen and oxygen atoms in total. The Morgan fingerprint density at radius 1 is 0.769 bits per heavy atom. The van der Waals surface area contributed by atoms with Gasteiger partial charge in [0.2, 0.25) is 6.29 Å². The summed E-state index contributed by atoms with van der Waals surface area (Å²) in [4.78, 5) is 12.3. The van der Waals surface area contributed by atoms with Crippen LogP contribution in [0.5, 0.6) is 34.5 Å². The van der Waals surface area contributed by atoms with Gasteiger partial charge in [-0.3, -0.25) is 0 Å². The van der Waals surface area contributed by atoms with Gasteiger partial charge in [0.25, 0.3) is 0 Å². The first-order chi connectivity index (χ1) is 18.5. The average molecular weight is 542 g/mol. The summed E-state index contributed by atoms with van der Waals surface area (Å²) >= 11 is 0. The monoisotopic (exact) mass is 542 g/mol. The number of aliphatic hydroxyl groups excluding tert-OH is 3. The molecule has 0 spiro atoms. The minimum absolute atomic E-state index is 0.0799. The predicted molar refractivity (Wildman–Crippen MR) is 134 cm³/mol. The highest BCUT2D eigenvalue weighted by molar-refractivity contribution is 5.91. The van der Waals surface area contributed by atoms with Gasteiger partial charge in [0.05, 0.1) is 5.56 Å². The van der Waals surface area contributed by atoms with E-state index in [0.29, 0.717) is 5.56 Å². The summed E-state index contributed by atoms with van der Waals surface area (Å²) in [5.74, 6) is -3.24. The second kappa shape index (κ2) is 11.5. The van der Waals surface area contributed by atoms with Gasteiger partial charge in [0.1, 0.15) is 48.3 Å². The van der Waals surface area contributed by atoms with Gasteiger partial charge in [-0.2, -0.15) is 0 Å². The molecule has 206 valence electrons. The number of esters is 1. The lowest BCUT2D eigenvalue weighted by Gasteiger charge is -2.39. The second-order valence-corrected chi connectivity index (χ2v) is 8.78. The van der Waals surface area contributed by atoms with Crippen molar-refractivity contribution in [1.82, 2.24) is 0 Å². The Bertz CT molecular complexity index is 1310. The zero-order chi connectivity index (χ0) is 28.3. The molecule has 1 aliphatic rings. The number of phenols is 5. The number of benzene rings is 3. The Morgan fingerprint density at radius 2 is 1.36 bits per heavy atom. The van der Waals surface area contributed by atoms with Gasteiger partial charge in [0, 0.05) is 6.07 Å².